The Morgan fingerprint density at radius 1 is 1.68 bits per heavy atom. The van der Waals surface area contributed by atoms with Crippen LogP contribution in [0.2, 0.25) is 0 Å². The van der Waals surface area contributed by atoms with Gasteiger partial charge in [0, 0.05) is 18.7 Å². The second-order valence-electron chi connectivity index (χ2n) is 3.95. The first-order valence-electron chi connectivity index (χ1n) is 5.55. The first kappa shape index (κ1) is 13.4. The number of ether oxygens (including phenoxy) is 1. The summed E-state index contributed by atoms with van der Waals surface area (Å²) in [5.41, 5.74) is 5.24. The summed E-state index contributed by atoms with van der Waals surface area (Å²) < 4.78 is 5.33. The second-order valence-corrected chi connectivity index (χ2v) is 3.95. The zero-order valence-electron chi connectivity index (χ0n) is 9.88. The number of rotatable bonds is 4. The van der Waals surface area contributed by atoms with E-state index < -0.39 is 24.5 Å². The zero-order chi connectivity index (χ0) is 13.8. The number of tetrazole rings is 1. The Hall–Kier alpha value is -2.04. The monoisotopic (exact) mass is 270 g/mol. The van der Waals surface area contributed by atoms with Crippen molar-refractivity contribution < 1.29 is 19.7 Å². The van der Waals surface area contributed by atoms with Crippen LogP contribution in [0.3, 0.4) is 0 Å². The lowest BCUT2D eigenvalue weighted by Crippen LogP contribution is -2.40. The third-order valence-electron chi connectivity index (χ3n) is 2.69. The van der Waals surface area contributed by atoms with Crippen LogP contribution in [-0.4, -0.2) is 66.8 Å². The number of H-pyrrole nitrogens is 1. The first-order valence-corrected chi connectivity index (χ1v) is 5.55. The quantitative estimate of drug-likeness (QED) is 0.495. The molecule has 1 aromatic rings. The van der Waals surface area contributed by atoms with Crippen molar-refractivity contribution in [2.75, 3.05) is 6.61 Å². The molecule has 2 heterocycles. The van der Waals surface area contributed by atoms with Crippen LogP contribution in [0.25, 0.3) is 6.08 Å². The number of nitrogens with two attached hydrogens (primary N) is 1. The fraction of sp³-hybridized carbons (Fsp3) is 0.556. The average molecular weight is 270 g/mol. The van der Waals surface area contributed by atoms with Crippen LogP contribution < -0.4 is 5.73 Å². The molecule has 0 bridgehead atoms. The molecule has 1 aliphatic rings. The summed E-state index contributed by atoms with van der Waals surface area (Å²) in [5, 5.41) is 31.6. The van der Waals surface area contributed by atoms with Crippen LogP contribution in [0.5, 0.6) is 0 Å². The number of amides is 2. The Morgan fingerprint density at radius 3 is 3.00 bits per heavy atom. The summed E-state index contributed by atoms with van der Waals surface area (Å²) in [4.78, 5) is 12.4. The van der Waals surface area contributed by atoms with Gasteiger partial charge in [-0.1, -0.05) is 0 Å². The minimum absolute atomic E-state index is 0.157. The molecular formula is C9H14N6O4. The molecule has 1 aromatic heterocycles. The SMILES string of the molecule is NC(=O)N(/C=C\c1nn[nH]n1)[C@H]1C[C@H](O)[C@@H](CO)O1. The molecule has 0 unspecified atom stereocenters. The number of carbonyl (C=O) groups is 1. The third kappa shape index (κ3) is 3.05. The highest BCUT2D eigenvalue weighted by Crippen LogP contribution is 2.23. The average Bonchev–Trinajstić information content (AvgIpc) is 2.98. The minimum atomic E-state index is -0.851. The molecule has 19 heavy (non-hydrogen) atoms. The van der Waals surface area contributed by atoms with Crippen molar-refractivity contribution in [2.45, 2.75) is 24.9 Å². The summed E-state index contributed by atoms with van der Waals surface area (Å²) in [6.07, 6.45) is 0.583. The van der Waals surface area contributed by atoms with E-state index in [-0.39, 0.29) is 18.9 Å². The molecule has 104 valence electrons. The van der Waals surface area contributed by atoms with Gasteiger partial charge in [-0.3, -0.25) is 4.90 Å². The zero-order valence-corrected chi connectivity index (χ0v) is 9.88. The van der Waals surface area contributed by atoms with Gasteiger partial charge in [0.05, 0.1) is 12.7 Å². The maximum atomic E-state index is 11.4. The Bertz CT molecular complexity index is 450. The van der Waals surface area contributed by atoms with E-state index in [0.717, 1.165) is 4.90 Å². The molecule has 5 N–H and O–H groups in total. The minimum Gasteiger partial charge on any atom is -0.394 e. The number of carbonyl (C=O) groups excluding carboxylic acids is 1. The van der Waals surface area contributed by atoms with Gasteiger partial charge in [-0.05, 0) is 5.21 Å². The van der Waals surface area contributed by atoms with Gasteiger partial charge in [0.1, 0.15) is 12.3 Å². The van der Waals surface area contributed by atoms with Gasteiger partial charge in [0.2, 0.25) is 0 Å². The van der Waals surface area contributed by atoms with E-state index >= 15 is 0 Å². The predicted molar refractivity (Wildman–Crippen MR) is 61.0 cm³/mol. The summed E-state index contributed by atoms with van der Waals surface area (Å²) >= 11 is 0. The predicted octanol–water partition coefficient (Wildman–Crippen LogP) is -1.98. The van der Waals surface area contributed by atoms with E-state index in [1.54, 1.807) is 0 Å². The van der Waals surface area contributed by atoms with Gasteiger partial charge in [0.15, 0.2) is 5.82 Å². The number of hydrogen-bond acceptors (Lipinski definition) is 7. The number of aliphatic hydroxyl groups excluding tert-OH is 2. The number of urea groups is 1. The maximum absolute atomic E-state index is 11.4. The van der Waals surface area contributed by atoms with E-state index in [9.17, 15) is 9.90 Å². The molecule has 10 heteroatoms. The van der Waals surface area contributed by atoms with E-state index in [4.69, 9.17) is 15.6 Å². The molecule has 1 fully saturated rings. The highest BCUT2D eigenvalue weighted by molar-refractivity contribution is 5.74. The Balaban J connectivity index is 2.07. The third-order valence-corrected chi connectivity index (χ3v) is 2.69. The molecule has 0 radical (unpaired) electrons. The molecule has 10 nitrogen and oxygen atoms in total. The van der Waals surface area contributed by atoms with Crippen molar-refractivity contribution in [1.82, 2.24) is 25.5 Å². The van der Waals surface area contributed by atoms with Crippen molar-refractivity contribution in [1.29, 1.82) is 0 Å². The van der Waals surface area contributed by atoms with Gasteiger partial charge in [-0.15, -0.1) is 10.2 Å². The molecular weight excluding hydrogens is 256 g/mol. The van der Waals surface area contributed by atoms with Gasteiger partial charge >= 0.3 is 6.03 Å². The smallest absolute Gasteiger partial charge is 0.320 e. The Kier molecular flexibility index (Phi) is 4.04. The van der Waals surface area contributed by atoms with Crippen molar-refractivity contribution in [3.8, 4) is 0 Å². The molecule has 2 amide bonds. The van der Waals surface area contributed by atoms with Gasteiger partial charge in [-0.2, -0.15) is 5.21 Å². The van der Waals surface area contributed by atoms with E-state index in [2.05, 4.69) is 20.6 Å². The lowest BCUT2D eigenvalue weighted by Gasteiger charge is -2.22. The fourth-order valence-electron chi connectivity index (χ4n) is 1.75. The lowest BCUT2D eigenvalue weighted by atomic mass is 10.2. The number of aliphatic hydroxyl groups is 2. The van der Waals surface area contributed by atoms with E-state index in [1.165, 1.54) is 12.3 Å². The van der Waals surface area contributed by atoms with Crippen molar-refractivity contribution in [3.05, 3.63) is 12.0 Å². The van der Waals surface area contributed by atoms with Crippen LogP contribution in [0.1, 0.15) is 12.2 Å². The maximum Gasteiger partial charge on any atom is 0.320 e. The molecule has 1 aliphatic heterocycles. The van der Waals surface area contributed by atoms with Crippen LogP contribution in [0.15, 0.2) is 6.20 Å². The Labute approximate surface area is 107 Å². The van der Waals surface area contributed by atoms with Gasteiger partial charge in [0.25, 0.3) is 0 Å². The van der Waals surface area contributed by atoms with Crippen molar-refractivity contribution in [3.63, 3.8) is 0 Å². The molecule has 0 spiro atoms. The molecule has 0 aliphatic carbocycles. The van der Waals surface area contributed by atoms with Crippen LogP contribution in [0.4, 0.5) is 4.79 Å². The number of aromatic amines is 1. The molecule has 0 aromatic carbocycles. The van der Waals surface area contributed by atoms with E-state index in [0.29, 0.717) is 0 Å². The van der Waals surface area contributed by atoms with E-state index in [1.807, 2.05) is 0 Å². The van der Waals surface area contributed by atoms with Crippen LogP contribution in [-0.2, 0) is 4.74 Å². The number of aromatic nitrogens is 4. The first-order chi connectivity index (χ1) is 9.11. The standard InChI is InChI=1S/C9H14N6O4/c10-9(18)15(2-1-7-11-13-14-12-7)8-3-5(17)6(4-16)19-8/h1-2,5-6,8,16-17H,3-4H2,(H2,10,18)(H,11,12,13,14)/b2-1-/t5-,6+,8+/m0/s1. The Morgan fingerprint density at radius 2 is 2.47 bits per heavy atom. The molecule has 0 saturated carbocycles. The van der Waals surface area contributed by atoms with Gasteiger partial charge < -0.3 is 20.7 Å². The number of nitrogens with one attached hydrogen (secondary N) is 1. The summed E-state index contributed by atoms with van der Waals surface area (Å²) in [7, 11) is 0. The van der Waals surface area contributed by atoms with Crippen molar-refractivity contribution in [2.24, 2.45) is 5.73 Å². The van der Waals surface area contributed by atoms with Crippen molar-refractivity contribution >= 4 is 12.1 Å². The van der Waals surface area contributed by atoms with Gasteiger partial charge in [-0.25, -0.2) is 4.79 Å². The normalized spacial score (nSPS) is 26.9. The molecule has 3 atom stereocenters. The molecule has 1 saturated heterocycles. The highest BCUT2D eigenvalue weighted by atomic mass is 16.5. The summed E-state index contributed by atoms with van der Waals surface area (Å²) in [6, 6.07) is -0.754. The largest absolute Gasteiger partial charge is 0.394 e. The topological polar surface area (TPSA) is 150 Å². The van der Waals surface area contributed by atoms with Crippen LogP contribution in [0, 0.1) is 0 Å². The summed E-state index contributed by atoms with van der Waals surface area (Å²) in [6.45, 7) is -0.334. The highest BCUT2D eigenvalue weighted by Gasteiger charge is 2.37. The number of hydrogen-bond donors (Lipinski definition) is 4. The number of nitrogens with zero attached hydrogens (tertiary/aromatic N) is 4. The fourth-order valence-corrected chi connectivity index (χ4v) is 1.75. The van der Waals surface area contributed by atoms with Crippen LogP contribution >= 0.6 is 0 Å². The number of primary amides is 1. The summed E-state index contributed by atoms with van der Waals surface area (Å²) in [5.74, 6) is 0.267. The lowest BCUT2D eigenvalue weighted by molar-refractivity contribution is -0.0524. The second kappa shape index (κ2) is 5.73. The molecule has 2 rings (SSSR count).